The van der Waals surface area contributed by atoms with Gasteiger partial charge in [-0.2, -0.15) is 0 Å². The Kier molecular flexibility index (Phi) is 6.16. The van der Waals surface area contributed by atoms with Crippen LogP contribution in [-0.2, 0) is 0 Å². The van der Waals surface area contributed by atoms with Gasteiger partial charge in [-0.1, -0.05) is 25.1 Å². The van der Waals surface area contributed by atoms with E-state index in [0.717, 1.165) is 19.4 Å². The van der Waals surface area contributed by atoms with E-state index >= 15 is 0 Å². The zero-order valence-corrected chi connectivity index (χ0v) is 11.8. The lowest BCUT2D eigenvalue weighted by Crippen LogP contribution is -2.33. The van der Waals surface area contributed by atoms with Crippen LogP contribution in [0.4, 0.5) is 5.69 Å². The van der Waals surface area contributed by atoms with Gasteiger partial charge >= 0.3 is 0 Å². The Morgan fingerprint density at radius 3 is 2.50 bits per heavy atom. The second-order valence-corrected chi connectivity index (χ2v) is 4.94. The van der Waals surface area contributed by atoms with E-state index in [1.54, 1.807) is 0 Å². The molecule has 18 heavy (non-hydrogen) atoms. The van der Waals surface area contributed by atoms with Gasteiger partial charge in [0.1, 0.15) is 0 Å². The summed E-state index contributed by atoms with van der Waals surface area (Å²) in [6.07, 6.45) is 1.72. The van der Waals surface area contributed by atoms with Crippen LogP contribution in [-0.4, -0.2) is 24.3 Å². The Labute approximate surface area is 111 Å². The van der Waals surface area contributed by atoms with Crippen molar-refractivity contribution in [2.45, 2.75) is 45.7 Å². The van der Waals surface area contributed by atoms with Crippen molar-refractivity contribution in [1.82, 2.24) is 0 Å². The number of nitrogens with zero attached hydrogens (tertiary/aromatic N) is 1. The summed E-state index contributed by atoms with van der Waals surface area (Å²) >= 11 is 0. The molecule has 1 aromatic carbocycles. The van der Waals surface area contributed by atoms with Crippen molar-refractivity contribution in [2.24, 2.45) is 5.73 Å². The quantitative estimate of drug-likeness (QED) is 0.782. The van der Waals surface area contributed by atoms with Crippen molar-refractivity contribution >= 4 is 5.69 Å². The number of hydrogen-bond donors (Lipinski definition) is 2. The summed E-state index contributed by atoms with van der Waals surface area (Å²) in [7, 11) is 0. The molecule has 0 saturated carbocycles. The Morgan fingerprint density at radius 2 is 1.94 bits per heavy atom. The molecule has 0 aliphatic rings. The van der Waals surface area contributed by atoms with E-state index in [1.807, 2.05) is 6.07 Å². The molecule has 1 rings (SSSR count). The molecule has 0 bridgehead atoms. The van der Waals surface area contributed by atoms with E-state index < -0.39 is 0 Å². The normalized spacial score (nSPS) is 12.8. The molecule has 0 radical (unpaired) electrons. The SMILES string of the molecule is CCC(N)c1ccccc1N(CCCO)C(C)C. The molecule has 0 spiro atoms. The third-order valence-corrected chi connectivity index (χ3v) is 3.27. The Hall–Kier alpha value is -1.06. The molecule has 0 amide bonds. The van der Waals surface area contributed by atoms with Crippen LogP contribution in [0.2, 0.25) is 0 Å². The Balaban J connectivity index is 3.03. The zero-order valence-electron chi connectivity index (χ0n) is 11.8. The predicted molar refractivity (Wildman–Crippen MR) is 77.8 cm³/mol. The molecule has 3 heteroatoms. The van der Waals surface area contributed by atoms with Gasteiger partial charge in [0.15, 0.2) is 0 Å². The van der Waals surface area contributed by atoms with E-state index in [-0.39, 0.29) is 12.6 Å². The van der Waals surface area contributed by atoms with Crippen LogP contribution in [0.25, 0.3) is 0 Å². The average Bonchev–Trinajstić information content (AvgIpc) is 2.38. The van der Waals surface area contributed by atoms with Crippen molar-refractivity contribution in [1.29, 1.82) is 0 Å². The molecule has 1 unspecified atom stereocenters. The summed E-state index contributed by atoms with van der Waals surface area (Å²) < 4.78 is 0. The maximum absolute atomic E-state index is 9.02. The monoisotopic (exact) mass is 250 g/mol. The minimum Gasteiger partial charge on any atom is -0.396 e. The zero-order chi connectivity index (χ0) is 13.5. The highest BCUT2D eigenvalue weighted by atomic mass is 16.3. The molecule has 0 saturated heterocycles. The first kappa shape index (κ1) is 15.0. The van der Waals surface area contributed by atoms with Crippen molar-refractivity contribution in [3.8, 4) is 0 Å². The fourth-order valence-corrected chi connectivity index (χ4v) is 2.18. The van der Waals surface area contributed by atoms with Gasteiger partial charge in [0, 0.05) is 30.9 Å². The number of rotatable bonds is 7. The van der Waals surface area contributed by atoms with Gasteiger partial charge in [-0.3, -0.25) is 0 Å². The smallest absolute Gasteiger partial charge is 0.0447 e. The highest BCUT2D eigenvalue weighted by Crippen LogP contribution is 2.28. The van der Waals surface area contributed by atoms with Crippen LogP contribution >= 0.6 is 0 Å². The van der Waals surface area contributed by atoms with Gasteiger partial charge in [-0.15, -0.1) is 0 Å². The third-order valence-electron chi connectivity index (χ3n) is 3.27. The van der Waals surface area contributed by atoms with Crippen molar-refractivity contribution in [2.75, 3.05) is 18.1 Å². The maximum Gasteiger partial charge on any atom is 0.0447 e. The number of para-hydroxylation sites is 1. The molecule has 0 aliphatic heterocycles. The molecule has 1 aromatic rings. The largest absolute Gasteiger partial charge is 0.396 e. The molecule has 0 aromatic heterocycles. The molecule has 1 atom stereocenters. The molecule has 0 heterocycles. The predicted octanol–water partition coefficient (Wildman–Crippen LogP) is 2.69. The number of anilines is 1. The van der Waals surface area contributed by atoms with E-state index in [0.29, 0.717) is 6.04 Å². The van der Waals surface area contributed by atoms with Gasteiger partial charge in [0.25, 0.3) is 0 Å². The summed E-state index contributed by atoms with van der Waals surface area (Å²) in [4.78, 5) is 2.32. The molecule has 0 aliphatic carbocycles. The lowest BCUT2D eigenvalue weighted by atomic mass is 10.0. The number of benzene rings is 1. The first-order chi connectivity index (χ1) is 8.61. The minimum atomic E-state index is 0.0802. The highest BCUT2D eigenvalue weighted by molar-refractivity contribution is 5.55. The van der Waals surface area contributed by atoms with Crippen LogP contribution in [0.5, 0.6) is 0 Å². The van der Waals surface area contributed by atoms with Gasteiger partial charge in [0.2, 0.25) is 0 Å². The van der Waals surface area contributed by atoms with Crippen LogP contribution in [0.1, 0.15) is 45.2 Å². The maximum atomic E-state index is 9.02. The molecule has 3 N–H and O–H groups in total. The second-order valence-electron chi connectivity index (χ2n) is 4.94. The van der Waals surface area contributed by atoms with Gasteiger partial charge < -0.3 is 15.7 Å². The van der Waals surface area contributed by atoms with Gasteiger partial charge in [0.05, 0.1) is 0 Å². The third kappa shape index (κ3) is 3.72. The van der Waals surface area contributed by atoms with Gasteiger partial charge in [-0.05, 0) is 38.3 Å². The molecular formula is C15H26N2O. The van der Waals surface area contributed by atoms with Crippen LogP contribution < -0.4 is 10.6 Å². The van der Waals surface area contributed by atoms with Crippen molar-refractivity contribution in [3.05, 3.63) is 29.8 Å². The number of aliphatic hydroxyl groups excluding tert-OH is 1. The van der Waals surface area contributed by atoms with Crippen LogP contribution in [0.15, 0.2) is 24.3 Å². The van der Waals surface area contributed by atoms with Crippen LogP contribution in [0, 0.1) is 0 Å². The Bertz CT molecular complexity index is 352. The van der Waals surface area contributed by atoms with Crippen molar-refractivity contribution in [3.63, 3.8) is 0 Å². The van der Waals surface area contributed by atoms with E-state index in [9.17, 15) is 0 Å². The number of nitrogens with two attached hydrogens (primary N) is 1. The molecular weight excluding hydrogens is 224 g/mol. The van der Waals surface area contributed by atoms with Gasteiger partial charge in [-0.25, -0.2) is 0 Å². The fraction of sp³-hybridized carbons (Fsp3) is 0.600. The average molecular weight is 250 g/mol. The summed E-state index contributed by atoms with van der Waals surface area (Å²) in [5, 5.41) is 9.02. The molecule has 102 valence electrons. The topological polar surface area (TPSA) is 49.5 Å². The van der Waals surface area contributed by atoms with Crippen molar-refractivity contribution < 1.29 is 5.11 Å². The Morgan fingerprint density at radius 1 is 1.28 bits per heavy atom. The minimum absolute atomic E-state index is 0.0802. The first-order valence-electron chi connectivity index (χ1n) is 6.83. The van der Waals surface area contributed by atoms with E-state index in [2.05, 4.69) is 43.9 Å². The standard InChI is InChI=1S/C15H26N2O/c1-4-14(16)13-8-5-6-9-15(13)17(12(2)3)10-7-11-18/h5-6,8-9,12,14,18H,4,7,10-11,16H2,1-3H3. The fourth-order valence-electron chi connectivity index (χ4n) is 2.18. The number of aliphatic hydroxyl groups is 1. The van der Waals surface area contributed by atoms with Crippen LogP contribution in [0.3, 0.4) is 0 Å². The lowest BCUT2D eigenvalue weighted by molar-refractivity contribution is 0.288. The summed E-state index contributed by atoms with van der Waals surface area (Å²) in [5.74, 6) is 0. The summed E-state index contributed by atoms with van der Waals surface area (Å²) in [6.45, 7) is 7.54. The summed E-state index contributed by atoms with van der Waals surface area (Å²) in [6, 6.07) is 8.81. The lowest BCUT2D eigenvalue weighted by Gasteiger charge is -2.32. The molecule has 3 nitrogen and oxygen atoms in total. The van der Waals surface area contributed by atoms with E-state index in [1.165, 1.54) is 11.3 Å². The summed E-state index contributed by atoms with van der Waals surface area (Å²) in [5.41, 5.74) is 8.59. The van der Waals surface area contributed by atoms with E-state index in [4.69, 9.17) is 10.8 Å². The molecule has 0 fully saturated rings. The highest BCUT2D eigenvalue weighted by Gasteiger charge is 2.16. The first-order valence-corrected chi connectivity index (χ1v) is 6.83. The number of hydrogen-bond acceptors (Lipinski definition) is 3. The second kappa shape index (κ2) is 7.39.